The van der Waals surface area contributed by atoms with Gasteiger partial charge in [-0.2, -0.15) is 0 Å². The first-order chi connectivity index (χ1) is 11.3. The highest BCUT2D eigenvalue weighted by atomic mass is 16.5. The molecular formula is C18H22N2O4. The molecule has 128 valence electrons. The zero-order chi connectivity index (χ0) is 17.5. The zero-order valence-electron chi connectivity index (χ0n) is 14.1. The van der Waals surface area contributed by atoms with Crippen molar-refractivity contribution in [3.63, 3.8) is 0 Å². The number of aromatic nitrogens is 1. The minimum Gasteiger partial charge on any atom is -0.479 e. The second-order valence-electron chi connectivity index (χ2n) is 6.81. The van der Waals surface area contributed by atoms with Gasteiger partial charge in [-0.1, -0.05) is 13.8 Å². The monoisotopic (exact) mass is 330 g/mol. The van der Waals surface area contributed by atoms with Crippen molar-refractivity contribution in [2.24, 2.45) is 5.41 Å². The Kier molecular flexibility index (Phi) is 3.87. The van der Waals surface area contributed by atoms with Crippen molar-refractivity contribution in [3.05, 3.63) is 36.0 Å². The highest BCUT2D eigenvalue weighted by molar-refractivity contribution is 6.01. The van der Waals surface area contributed by atoms with Gasteiger partial charge in [0.25, 0.3) is 5.91 Å². The van der Waals surface area contributed by atoms with E-state index in [1.165, 1.54) is 0 Å². The van der Waals surface area contributed by atoms with Gasteiger partial charge in [0, 0.05) is 41.1 Å². The molecule has 1 heterocycles. The first-order valence-corrected chi connectivity index (χ1v) is 8.06. The maximum absolute atomic E-state index is 12.6. The summed E-state index contributed by atoms with van der Waals surface area (Å²) in [7, 11) is 0. The lowest BCUT2D eigenvalue weighted by molar-refractivity contribution is -0.190. The van der Waals surface area contributed by atoms with E-state index in [-0.39, 0.29) is 18.4 Å². The number of carboxylic acids is 1. The number of fused-ring (bicyclic) bond motifs is 1. The Hall–Kier alpha value is -2.34. The van der Waals surface area contributed by atoms with Crippen molar-refractivity contribution < 1.29 is 19.4 Å². The predicted molar refractivity (Wildman–Crippen MR) is 89.9 cm³/mol. The minimum atomic E-state index is -1.32. The molecule has 1 aliphatic carbocycles. The van der Waals surface area contributed by atoms with Crippen LogP contribution in [0.15, 0.2) is 30.5 Å². The van der Waals surface area contributed by atoms with Crippen molar-refractivity contribution >= 4 is 22.8 Å². The molecule has 1 aromatic carbocycles. The summed E-state index contributed by atoms with van der Waals surface area (Å²) >= 11 is 0. The third-order valence-electron chi connectivity index (χ3n) is 5.27. The molecule has 0 bridgehead atoms. The number of carbonyl (C=O) groups is 2. The van der Waals surface area contributed by atoms with E-state index in [1.807, 2.05) is 32.9 Å². The van der Waals surface area contributed by atoms with Crippen LogP contribution in [0.4, 0.5) is 0 Å². The van der Waals surface area contributed by atoms with E-state index in [0.717, 1.165) is 10.9 Å². The second-order valence-corrected chi connectivity index (χ2v) is 6.81. The Bertz CT molecular complexity index is 795. The van der Waals surface area contributed by atoms with Gasteiger partial charge in [-0.05, 0) is 31.2 Å². The van der Waals surface area contributed by atoms with E-state index >= 15 is 0 Å². The maximum Gasteiger partial charge on any atom is 0.330 e. The van der Waals surface area contributed by atoms with Crippen LogP contribution in [0.5, 0.6) is 0 Å². The van der Waals surface area contributed by atoms with Crippen molar-refractivity contribution in [2.45, 2.75) is 38.8 Å². The molecule has 3 rings (SSSR count). The van der Waals surface area contributed by atoms with Crippen molar-refractivity contribution in [3.8, 4) is 0 Å². The number of carboxylic acid groups (broad SMARTS) is 1. The van der Waals surface area contributed by atoms with Gasteiger partial charge in [0.05, 0.1) is 6.10 Å². The number of aliphatic carboxylic acids is 1. The lowest BCUT2D eigenvalue weighted by Gasteiger charge is -2.58. The first-order valence-electron chi connectivity index (χ1n) is 8.06. The van der Waals surface area contributed by atoms with Crippen LogP contribution in [0.3, 0.4) is 0 Å². The Morgan fingerprint density at radius 2 is 2.12 bits per heavy atom. The summed E-state index contributed by atoms with van der Waals surface area (Å²) in [6.07, 6.45) is 1.87. The van der Waals surface area contributed by atoms with Crippen LogP contribution in [0.1, 0.15) is 37.6 Å². The molecule has 1 fully saturated rings. The molecule has 1 aliphatic rings. The first kappa shape index (κ1) is 16.5. The third kappa shape index (κ3) is 2.29. The summed E-state index contributed by atoms with van der Waals surface area (Å²) < 4.78 is 5.61. The largest absolute Gasteiger partial charge is 0.479 e. The van der Waals surface area contributed by atoms with Crippen LogP contribution in [0.2, 0.25) is 0 Å². The van der Waals surface area contributed by atoms with E-state index in [1.54, 1.807) is 18.3 Å². The maximum atomic E-state index is 12.6. The van der Waals surface area contributed by atoms with E-state index in [9.17, 15) is 14.7 Å². The molecule has 2 aromatic rings. The molecule has 24 heavy (non-hydrogen) atoms. The molecule has 0 spiro atoms. The Morgan fingerprint density at radius 3 is 2.75 bits per heavy atom. The highest BCUT2D eigenvalue weighted by Crippen LogP contribution is 2.51. The lowest BCUT2D eigenvalue weighted by atomic mass is 9.54. The Labute approximate surface area is 140 Å². The molecule has 1 saturated carbocycles. The fourth-order valence-corrected chi connectivity index (χ4v) is 3.50. The number of benzene rings is 1. The van der Waals surface area contributed by atoms with Gasteiger partial charge in [0.1, 0.15) is 5.54 Å². The van der Waals surface area contributed by atoms with Gasteiger partial charge in [-0.3, -0.25) is 4.79 Å². The van der Waals surface area contributed by atoms with Gasteiger partial charge in [-0.25, -0.2) is 4.79 Å². The normalized spacial score (nSPS) is 25.2. The van der Waals surface area contributed by atoms with Crippen LogP contribution in [-0.2, 0) is 9.53 Å². The molecule has 0 unspecified atom stereocenters. The fourth-order valence-electron chi connectivity index (χ4n) is 3.50. The third-order valence-corrected chi connectivity index (χ3v) is 5.27. The number of ether oxygens (including phenoxy) is 1. The van der Waals surface area contributed by atoms with Crippen LogP contribution < -0.4 is 5.32 Å². The van der Waals surface area contributed by atoms with E-state index < -0.39 is 16.9 Å². The fraction of sp³-hybridized carbons (Fsp3) is 0.444. The smallest absolute Gasteiger partial charge is 0.330 e. The molecule has 1 aromatic heterocycles. The van der Waals surface area contributed by atoms with Gasteiger partial charge >= 0.3 is 5.97 Å². The van der Waals surface area contributed by atoms with Crippen molar-refractivity contribution in [2.75, 3.05) is 6.61 Å². The summed E-state index contributed by atoms with van der Waals surface area (Å²) in [6.45, 7) is 6.03. The number of carbonyl (C=O) groups excluding carboxylic acids is 1. The molecule has 0 saturated heterocycles. The van der Waals surface area contributed by atoms with Crippen molar-refractivity contribution in [1.82, 2.24) is 10.3 Å². The summed E-state index contributed by atoms with van der Waals surface area (Å²) in [4.78, 5) is 27.6. The molecule has 6 nitrogen and oxygen atoms in total. The van der Waals surface area contributed by atoms with Crippen LogP contribution in [-0.4, -0.2) is 40.2 Å². The van der Waals surface area contributed by atoms with Gasteiger partial charge in [0.15, 0.2) is 0 Å². The molecule has 3 N–H and O–H groups in total. The molecular weight excluding hydrogens is 308 g/mol. The summed E-state index contributed by atoms with van der Waals surface area (Å²) in [5.74, 6) is -1.41. The Balaban J connectivity index is 1.86. The van der Waals surface area contributed by atoms with E-state index in [2.05, 4.69) is 10.3 Å². The SMILES string of the molecule is CCO[C@@H]1C[C@@](NC(=O)c2ccc3[nH]ccc3c2)(C(=O)O)C1(C)C. The average Bonchev–Trinajstić information content (AvgIpc) is 3.00. The molecule has 2 atom stereocenters. The molecule has 0 radical (unpaired) electrons. The van der Waals surface area contributed by atoms with Gasteiger partial charge < -0.3 is 20.1 Å². The highest BCUT2D eigenvalue weighted by Gasteiger charge is 2.66. The van der Waals surface area contributed by atoms with Crippen LogP contribution >= 0.6 is 0 Å². The van der Waals surface area contributed by atoms with Crippen LogP contribution in [0.25, 0.3) is 10.9 Å². The minimum absolute atomic E-state index is 0.189. The number of hydrogen-bond donors (Lipinski definition) is 3. The van der Waals surface area contributed by atoms with Crippen LogP contribution in [0, 0.1) is 5.41 Å². The topological polar surface area (TPSA) is 91.4 Å². The average molecular weight is 330 g/mol. The van der Waals surface area contributed by atoms with Gasteiger partial charge in [0.2, 0.25) is 0 Å². The standard InChI is InChI=1S/C18H22N2O4/c1-4-24-14-10-18(16(22)23,17(14,2)3)20-15(21)12-5-6-13-11(9-12)7-8-19-13/h5-9,14,19H,4,10H2,1-3H3,(H,20,21)(H,22,23)/t14-,18-/m1/s1. The number of aromatic amines is 1. The number of amides is 1. The number of hydrogen-bond acceptors (Lipinski definition) is 3. The molecule has 6 heteroatoms. The number of rotatable bonds is 5. The summed E-state index contributed by atoms with van der Waals surface area (Å²) in [5, 5.41) is 13.4. The van der Waals surface area contributed by atoms with E-state index in [0.29, 0.717) is 12.2 Å². The summed E-state index contributed by atoms with van der Waals surface area (Å²) in [5.41, 5.74) is -0.641. The second kappa shape index (κ2) is 5.63. The molecule has 0 aliphatic heterocycles. The van der Waals surface area contributed by atoms with Gasteiger partial charge in [-0.15, -0.1) is 0 Å². The summed E-state index contributed by atoms with van der Waals surface area (Å²) in [6, 6.07) is 7.13. The zero-order valence-corrected chi connectivity index (χ0v) is 14.1. The lowest BCUT2D eigenvalue weighted by Crippen LogP contribution is -2.76. The van der Waals surface area contributed by atoms with Crippen molar-refractivity contribution in [1.29, 1.82) is 0 Å². The quantitative estimate of drug-likeness (QED) is 0.786. The number of nitrogens with one attached hydrogen (secondary N) is 2. The number of H-pyrrole nitrogens is 1. The van der Waals surface area contributed by atoms with E-state index in [4.69, 9.17) is 4.74 Å². The molecule has 1 amide bonds. The predicted octanol–water partition coefficient (Wildman–Crippen LogP) is 2.56. The Morgan fingerprint density at radius 1 is 1.38 bits per heavy atom.